The van der Waals surface area contributed by atoms with E-state index in [0.29, 0.717) is 13.2 Å². The van der Waals surface area contributed by atoms with Crippen LogP contribution >= 0.6 is 0 Å². The second-order valence-electron chi connectivity index (χ2n) is 7.17. The number of hydrogen-bond donors (Lipinski definition) is 0. The summed E-state index contributed by atoms with van der Waals surface area (Å²) in [4.78, 5) is 12.2. The van der Waals surface area contributed by atoms with Gasteiger partial charge >= 0.3 is 5.97 Å². The van der Waals surface area contributed by atoms with Crippen molar-refractivity contribution in [2.24, 2.45) is 5.92 Å². The largest absolute Gasteiger partial charge is 0.467 e. The summed E-state index contributed by atoms with van der Waals surface area (Å²) in [5, 5.41) is 0. The molecule has 0 bridgehead atoms. The van der Waals surface area contributed by atoms with Gasteiger partial charge in [0.25, 0.3) is 0 Å². The molecule has 0 spiro atoms. The molecule has 3 unspecified atom stereocenters. The van der Waals surface area contributed by atoms with E-state index in [1.54, 1.807) is 0 Å². The minimum absolute atomic E-state index is 0.201. The molecule has 0 saturated carbocycles. The second-order valence-corrected chi connectivity index (χ2v) is 7.17. The van der Waals surface area contributed by atoms with Crippen LogP contribution in [0.1, 0.15) is 25.0 Å². The number of ether oxygens (including phenoxy) is 4. The average molecular weight is 384 g/mol. The standard InChI is InChI=1S/C23H28O5/c1-16-20(26-14-18-10-6-4-7-11-18)22(17(2)28-21(16)23(24)25-3)27-15-19-12-8-5-9-13-19/h4-13,16-17,20-22H,14-15H2,1-3H3/t16-,17?,20+,21?,22?/m1/s1. The number of carbonyl (C=O) groups is 1. The van der Waals surface area contributed by atoms with Gasteiger partial charge in [0.05, 0.1) is 32.5 Å². The molecule has 3 rings (SSSR count). The number of rotatable bonds is 7. The van der Waals surface area contributed by atoms with Crippen LogP contribution in [-0.2, 0) is 37.0 Å². The highest BCUT2D eigenvalue weighted by Crippen LogP contribution is 2.32. The van der Waals surface area contributed by atoms with Crippen molar-refractivity contribution < 1.29 is 23.7 Å². The highest BCUT2D eigenvalue weighted by Gasteiger charge is 2.46. The Balaban J connectivity index is 1.74. The van der Waals surface area contributed by atoms with Crippen molar-refractivity contribution in [1.82, 2.24) is 0 Å². The van der Waals surface area contributed by atoms with Crippen molar-refractivity contribution in [3.63, 3.8) is 0 Å². The molecule has 1 fully saturated rings. The summed E-state index contributed by atoms with van der Waals surface area (Å²) in [5.74, 6) is -0.581. The first-order valence-corrected chi connectivity index (χ1v) is 9.64. The van der Waals surface area contributed by atoms with Crippen molar-refractivity contribution in [2.45, 2.75) is 51.5 Å². The predicted octanol–water partition coefficient (Wildman–Crippen LogP) is 3.75. The first-order valence-electron chi connectivity index (χ1n) is 9.64. The Hall–Kier alpha value is -2.21. The zero-order valence-corrected chi connectivity index (χ0v) is 16.6. The summed E-state index contributed by atoms with van der Waals surface area (Å²) in [6.07, 6.45) is -1.56. The third kappa shape index (κ3) is 4.98. The van der Waals surface area contributed by atoms with Crippen molar-refractivity contribution in [1.29, 1.82) is 0 Å². The number of methoxy groups -OCH3 is 1. The SMILES string of the molecule is COC(=O)C1OC(C)C(OCc2ccccc2)[C@@H](OCc2ccccc2)[C@H]1C. The van der Waals surface area contributed by atoms with Crippen LogP contribution in [0.3, 0.4) is 0 Å². The summed E-state index contributed by atoms with van der Waals surface area (Å²) in [5.41, 5.74) is 2.16. The van der Waals surface area contributed by atoms with Crippen LogP contribution in [0.25, 0.3) is 0 Å². The van der Waals surface area contributed by atoms with E-state index in [-0.39, 0.29) is 30.2 Å². The summed E-state index contributed by atoms with van der Waals surface area (Å²) in [6.45, 7) is 4.76. The fourth-order valence-corrected chi connectivity index (χ4v) is 3.57. The lowest BCUT2D eigenvalue weighted by Crippen LogP contribution is -2.56. The molecule has 28 heavy (non-hydrogen) atoms. The van der Waals surface area contributed by atoms with Crippen LogP contribution in [0.15, 0.2) is 60.7 Å². The van der Waals surface area contributed by atoms with Gasteiger partial charge in [0.2, 0.25) is 0 Å². The first kappa shape index (κ1) is 20.5. The predicted molar refractivity (Wildman–Crippen MR) is 106 cm³/mol. The van der Waals surface area contributed by atoms with E-state index in [1.165, 1.54) is 7.11 Å². The maximum absolute atomic E-state index is 12.2. The molecule has 2 aromatic rings. The molecule has 0 aliphatic carbocycles. The lowest BCUT2D eigenvalue weighted by Gasteiger charge is -2.43. The normalized spacial score (nSPS) is 27.3. The smallest absolute Gasteiger partial charge is 0.335 e. The molecule has 1 aliphatic rings. The van der Waals surface area contributed by atoms with Gasteiger partial charge in [-0.2, -0.15) is 0 Å². The van der Waals surface area contributed by atoms with Crippen LogP contribution in [0.4, 0.5) is 0 Å². The average Bonchev–Trinajstić information content (AvgIpc) is 2.74. The molecule has 5 nitrogen and oxygen atoms in total. The van der Waals surface area contributed by atoms with E-state index >= 15 is 0 Å². The van der Waals surface area contributed by atoms with E-state index < -0.39 is 6.10 Å². The van der Waals surface area contributed by atoms with Crippen molar-refractivity contribution in [2.75, 3.05) is 7.11 Å². The zero-order chi connectivity index (χ0) is 19.9. The Bertz CT molecular complexity index is 733. The Labute approximate surface area is 166 Å². The molecule has 150 valence electrons. The molecule has 5 atom stereocenters. The first-order chi connectivity index (χ1) is 13.6. The van der Waals surface area contributed by atoms with Crippen molar-refractivity contribution in [3.8, 4) is 0 Å². The molecule has 0 radical (unpaired) electrons. The Morgan fingerprint density at radius 1 is 0.857 bits per heavy atom. The van der Waals surface area contributed by atoms with Gasteiger partial charge in [-0.3, -0.25) is 0 Å². The summed E-state index contributed by atoms with van der Waals surface area (Å²) < 4.78 is 23.4. The molecule has 1 heterocycles. The number of benzene rings is 2. The van der Waals surface area contributed by atoms with E-state index in [4.69, 9.17) is 18.9 Å². The zero-order valence-electron chi connectivity index (χ0n) is 16.6. The Kier molecular flexibility index (Phi) is 7.20. The molecule has 0 amide bonds. The second kappa shape index (κ2) is 9.82. The molecule has 1 saturated heterocycles. The van der Waals surface area contributed by atoms with Gasteiger partial charge < -0.3 is 18.9 Å². The van der Waals surface area contributed by atoms with E-state index in [1.807, 2.05) is 74.5 Å². The fraction of sp³-hybridized carbons (Fsp3) is 0.435. The molecule has 2 aromatic carbocycles. The van der Waals surface area contributed by atoms with E-state index in [2.05, 4.69) is 0 Å². The fourth-order valence-electron chi connectivity index (χ4n) is 3.57. The Morgan fingerprint density at radius 2 is 1.36 bits per heavy atom. The summed E-state index contributed by atoms with van der Waals surface area (Å²) in [6, 6.07) is 20.0. The van der Waals surface area contributed by atoms with Crippen molar-refractivity contribution in [3.05, 3.63) is 71.8 Å². The monoisotopic (exact) mass is 384 g/mol. The third-order valence-corrected chi connectivity index (χ3v) is 5.15. The lowest BCUT2D eigenvalue weighted by atomic mass is 9.88. The number of carbonyl (C=O) groups excluding carboxylic acids is 1. The van der Waals surface area contributed by atoms with Crippen LogP contribution in [-0.4, -0.2) is 37.5 Å². The van der Waals surface area contributed by atoms with Gasteiger partial charge in [-0.05, 0) is 18.1 Å². The van der Waals surface area contributed by atoms with Gasteiger partial charge in [-0.25, -0.2) is 4.79 Å². The topological polar surface area (TPSA) is 54.0 Å². The minimum atomic E-state index is -0.669. The van der Waals surface area contributed by atoms with Gasteiger partial charge in [0.15, 0.2) is 6.10 Å². The van der Waals surface area contributed by atoms with Gasteiger partial charge in [-0.15, -0.1) is 0 Å². The van der Waals surface area contributed by atoms with Gasteiger partial charge in [0, 0.05) is 5.92 Å². The maximum Gasteiger partial charge on any atom is 0.335 e. The van der Waals surface area contributed by atoms with E-state index in [9.17, 15) is 4.79 Å². The molecule has 1 aliphatic heterocycles. The molecule has 0 aromatic heterocycles. The summed E-state index contributed by atoms with van der Waals surface area (Å²) >= 11 is 0. The van der Waals surface area contributed by atoms with Crippen LogP contribution in [0.5, 0.6) is 0 Å². The quantitative estimate of drug-likeness (QED) is 0.681. The molecule has 0 N–H and O–H groups in total. The Morgan fingerprint density at radius 3 is 1.86 bits per heavy atom. The molecular formula is C23H28O5. The highest BCUT2D eigenvalue weighted by atomic mass is 16.6. The molecule has 5 heteroatoms. The number of hydrogen-bond acceptors (Lipinski definition) is 5. The molecular weight excluding hydrogens is 356 g/mol. The van der Waals surface area contributed by atoms with Crippen LogP contribution in [0.2, 0.25) is 0 Å². The van der Waals surface area contributed by atoms with Gasteiger partial charge in [0.1, 0.15) is 6.10 Å². The maximum atomic E-state index is 12.2. The van der Waals surface area contributed by atoms with Crippen LogP contribution in [0, 0.1) is 5.92 Å². The highest BCUT2D eigenvalue weighted by molar-refractivity contribution is 5.75. The minimum Gasteiger partial charge on any atom is -0.467 e. The third-order valence-electron chi connectivity index (χ3n) is 5.15. The van der Waals surface area contributed by atoms with Gasteiger partial charge in [-0.1, -0.05) is 67.6 Å². The lowest BCUT2D eigenvalue weighted by molar-refractivity contribution is -0.232. The van der Waals surface area contributed by atoms with Crippen molar-refractivity contribution >= 4 is 5.97 Å². The summed E-state index contributed by atoms with van der Waals surface area (Å²) in [7, 11) is 1.38. The van der Waals surface area contributed by atoms with Crippen LogP contribution < -0.4 is 0 Å². The van der Waals surface area contributed by atoms with E-state index in [0.717, 1.165) is 11.1 Å². The number of esters is 1.